The molecule has 0 aliphatic carbocycles. The van der Waals surface area contributed by atoms with Gasteiger partial charge in [0.25, 0.3) is 0 Å². The fourth-order valence-electron chi connectivity index (χ4n) is 3.03. The van der Waals surface area contributed by atoms with Gasteiger partial charge in [0, 0.05) is 22.8 Å². The first kappa shape index (κ1) is 11.3. The molecule has 3 heteroatoms. The van der Waals surface area contributed by atoms with Crippen molar-refractivity contribution in [2.45, 2.75) is 12.3 Å². The SMILES string of the molecule is O=C1Nc2ccccc2[C@H]1Cc1cccc2[nH]ccc12. The Bertz CT molecular complexity index is 803. The zero-order valence-corrected chi connectivity index (χ0v) is 10.9. The van der Waals surface area contributed by atoms with Gasteiger partial charge in [0.2, 0.25) is 5.91 Å². The van der Waals surface area contributed by atoms with Crippen molar-refractivity contribution in [2.24, 2.45) is 0 Å². The molecule has 20 heavy (non-hydrogen) atoms. The lowest BCUT2D eigenvalue weighted by Gasteiger charge is -2.10. The van der Waals surface area contributed by atoms with Crippen molar-refractivity contribution in [2.75, 3.05) is 5.32 Å². The minimum absolute atomic E-state index is 0.0910. The highest BCUT2D eigenvalue weighted by Crippen LogP contribution is 2.35. The smallest absolute Gasteiger partial charge is 0.232 e. The van der Waals surface area contributed by atoms with Gasteiger partial charge in [-0.2, -0.15) is 0 Å². The van der Waals surface area contributed by atoms with Crippen LogP contribution in [0.3, 0.4) is 0 Å². The second-order valence-corrected chi connectivity index (χ2v) is 5.19. The van der Waals surface area contributed by atoms with Crippen molar-refractivity contribution >= 4 is 22.5 Å². The fraction of sp³-hybridized carbons (Fsp3) is 0.118. The molecule has 3 nitrogen and oxygen atoms in total. The summed E-state index contributed by atoms with van der Waals surface area (Å²) in [6.45, 7) is 0. The summed E-state index contributed by atoms with van der Waals surface area (Å²) in [6.07, 6.45) is 2.68. The first-order valence-corrected chi connectivity index (χ1v) is 6.78. The molecule has 1 atom stereocenters. The summed E-state index contributed by atoms with van der Waals surface area (Å²) in [6, 6.07) is 16.2. The van der Waals surface area contributed by atoms with E-state index in [-0.39, 0.29) is 11.8 Å². The number of H-pyrrole nitrogens is 1. The van der Waals surface area contributed by atoms with E-state index in [1.165, 1.54) is 10.9 Å². The van der Waals surface area contributed by atoms with Crippen LogP contribution < -0.4 is 5.32 Å². The van der Waals surface area contributed by atoms with Gasteiger partial charge < -0.3 is 10.3 Å². The third kappa shape index (κ3) is 1.63. The quantitative estimate of drug-likeness (QED) is 0.730. The minimum Gasteiger partial charge on any atom is -0.361 e. The van der Waals surface area contributed by atoms with Crippen LogP contribution in [-0.4, -0.2) is 10.9 Å². The summed E-state index contributed by atoms with van der Waals surface area (Å²) in [7, 11) is 0. The van der Waals surface area contributed by atoms with E-state index in [0.717, 1.165) is 23.2 Å². The maximum atomic E-state index is 12.2. The molecule has 4 rings (SSSR count). The van der Waals surface area contributed by atoms with Gasteiger partial charge in [-0.25, -0.2) is 0 Å². The molecule has 2 N–H and O–H groups in total. The van der Waals surface area contributed by atoms with E-state index in [1.807, 2.05) is 36.5 Å². The molecule has 1 aliphatic rings. The Hall–Kier alpha value is -2.55. The third-order valence-electron chi connectivity index (χ3n) is 4.02. The molecular weight excluding hydrogens is 248 g/mol. The molecule has 0 fully saturated rings. The average Bonchev–Trinajstić information content (AvgIpc) is 3.05. The number of anilines is 1. The summed E-state index contributed by atoms with van der Waals surface area (Å²) in [5, 5.41) is 4.16. The van der Waals surface area contributed by atoms with Crippen molar-refractivity contribution < 1.29 is 4.79 Å². The Labute approximate surface area is 116 Å². The topological polar surface area (TPSA) is 44.9 Å². The molecule has 2 aromatic carbocycles. The van der Waals surface area contributed by atoms with Gasteiger partial charge in [-0.1, -0.05) is 30.3 Å². The number of carbonyl (C=O) groups excluding carboxylic acids is 1. The van der Waals surface area contributed by atoms with Gasteiger partial charge >= 0.3 is 0 Å². The molecule has 0 saturated carbocycles. The summed E-state index contributed by atoms with van der Waals surface area (Å²) >= 11 is 0. The number of nitrogens with one attached hydrogen (secondary N) is 2. The van der Waals surface area contributed by atoms with Gasteiger partial charge in [0.1, 0.15) is 0 Å². The first-order chi connectivity index (χ1) is 9.83. The number of para-hydroxylation sites is 1. The Morgan fingerprint density at radius 2 is 1.90 bits per heavy atom. The summed E-state index contributed by atoms with van der Waals surface area (Å²) in [5.74, 6) is 0.00504. The summed E-state index contributed by atoms with van der Waals surface area (Å²) in [5.41, 5.74) is 4.38. The highest BCUT2D eigenvalue weighted by Gasteiger charge is 2.30. The van der Waals surface area contributed by atoms with Crippen LogP contribution in [0.1, 0.15) is 17.0 Å². The molecule has 0 bridgehead atoms. The van der Waals surface area contributed by atoms with E-state index < -0.39 is 0 Å². The van der Waals surface area contributed by atoms with Gasteiger partial charge in [-0.15, -0.1) is 0 Å². The van der Waals surface area contributed by atoms with E-state index in [4.69, 9.17) is 0 Å². The molecule has 0 radical (unpaired) electrons. The zero-order valence-electron chi connectivity index (χ0n) is 10.9. The standard InChI is InChI=1S/C17H14N2O/c20-17-14(13-5-1-2-6-16(13)19-17)10-11-4-3-7-15-12(11)8-9-18-15/h1-9,14,18H,10H2,(H,19,20)/t14-/m1/s1. The number of aromatic nitrogens is 1. The predicted octanol–water partition coefficient (Wildman–Crippen LogP) is 3.45. The lowest BCUT2D eigenvalue weighted by atomic mass is 9.92. The van der Waals surface area contributed by atoms with Gasteiger partial charge in [-0.05, 0) is 35.7 Å². The van der Waals surface area contributed by atoms with Crippen LogP contribution >= 0.6 is 0 Å². The van der Waals surface area contributed by atoms with Crippen LogP contribution in [0.15, 0.2) is 54.7 Å². The lowest BCUT2D eigenvalue weighted by Crippen LogP contribution is -2.14. The molecule has 1 amide bonds. The van der Waals surface area contributed by atoms with Crippen molar-refractivity contribution in [1.29, 1.82) is 0 Å². The second kappa shape index (κ2) is 4.23. The number of aromatic amines is 1. The number of carbonyl (C=O) groups is 1. The van der Waals surface area contributed by atoms with Crippen LogP contribution in [0.4, 0.5) is 5.69 Å². The van der Waals surface area contributed by atoms with Gasteiger partial charge in [-0.3, -0.25) is 4.79 Å². The largest absolute Gasteiger partial charge is 0.361 e. The second-order valence-electron chi connectivity index (χ2n) is 5.19. The molecule has 3 aromatic rings. The van der Waals surface area contributed by atoms with Crippen LogP contribution in [0.2, 0.25) is 0 Å². The molecule has 1 aromatic heterocycles. The number of benzene rings is 2. The minimum atomic E-state index is -0.0910. The average molecular weight is 262 g/mol. The highest BCUT2D eigenvalue weighted by molar-refractivity contribution is 6.03. The molecular formula is C17H14N2O. The van der Waals surface area contributed by atoms with Gasteiger partial charge in [0.05, 0.1) is 5.92 Å². The van der Waals surface area contributed by atoms with Crippen LogP contribution in [0.25, 0.3) is 10.9 Å². The molecule has 0 saturated heterocycles. The van der Waals surface area contributed by atoms with Crippen LogP contribution in [0, 0.1) is 0 Å². The Morgan fingerprint density at radius 1 is 1.00 bits per heavy atom. The van der Waals surface area contributed by atoms with Gasteiger partial charge in [0.15, 0.2) is 0 Å². The Balaban J connectivity index is 1.76. The highest BCUT2D eigenvalue weighted by atomic mass is 16.2. The summed E-state index contributed by atoms with van der Waals surface area (Å²) in [4.78, 5) is 15.4. The number of rotatable bonds is 2. The van der Waals surface area contributed by atoms with Crippen molar-refractivity contribution in [3.8, 4) is 0 Å². The Morgan fingerprint density at radius 3 is 2.85 bits per heavy atom. The van der Waals surface area contributed by atoms with Crippen molar-refractivity contribution in [3.05, 3.63) is 65.9 Å². The molecule has 0 unspecified atom stereocenters. The third-order valence-corrected chi connectivity index (χ3v) is 4.02. The number of hydrogen-bond donors (Lipinski definition) is 2. The molecule has 1 aliphatic heterocycles. The normalized spacial score (nSPS) is 17.2. The van der Waals surface area contributed by atoms with E-state index in [0.29, 0.717) is 0 Å². The van der Waals surface area contributed by atoms with E-state index in [1.54, 1.807) is 0 Å². The fourth-order valence-corrected chi connectivity index (χ4v) is 3.03. The number of fused-ring (bicyclic) bond motifs is 2. The summed E-state index contributed by atoms with van der Waals surface area (Å²) < 4.78 is 0. The monoisotopic (exact) mass is 262 g/mol. The molecule has 0 spiro atoms. The van der Waals surface area contributed by atoms with E-state index in [2.05, 4.69) is 28.5 Å². The first-order valence-electron chi connectivity index (χ1n) is 6.78. The van der Waals surface area contributed by atoms with E-state index in [9.17, 15) is 4.79 Å². The predicted molar refractivity (Wildman–Crippen MR) is 79.8 cm³/mol. The van der Waals surface area contributed by atoms with Crippen molar-refractivity contribution in [3.63, 3.8) is 0 Å². The van der Waals surface area contributed by atoms with E-state index >= 15 is 0 Å². The Kier molecular flexibility index (Phi) is 2.39. The van der Waals surface area contributed by atoms with Crippen LogP contribution in [0.5, 0.6) is 0 Å². The number of amides is 1. The molecule has 2 heterocycles. The van der Waals surface area contributed by atoms with Crippen molar-refractivity contribution in [1.82, 2.24) is 4.98 Å². The maximum Gasteiger partial charge on any atom is 0.232 e. The zero-order chi connectivity index (χ0) is 13.5. The molecule has 98 valence electrons. The van der Waals surface area contributed by atoms with Crippen LogP contribution in [-0.2, 0) is 11.2 Å². The lowest BCUT2D eigenvalue weighted by molar-refractivity contribution is -0.117. The number of hydrogen-bond acceptors (Lipinski definition) is 1. The maximum absolute atomic E-state index is 12.2.